The average molecular weight is 317 g/mol. The topological polar surface area (TPSA) is 83.5 Å². The largest absolute Gasteiger partial charge is 0.480 e. The van der Waals surface area contributed by atoms with E-state index in [0.29, 0.717) is 12.8 Å². The number of nitrogens with one attached hydrogen (secondary N) is 1. The summed E-state index contributed by atoms with van der Waals surface area (Å²) < 4.78 is 27.4. The minimum absolute atomic E-state index is 0.195. The number of sulfonamides is 1. The van der Waals surface area contributed by atoms with Crippen molar-refractivity contribution < 1.29 is 18.3 Å². The molecule has 1 fully saturated rings. The fourth-order valence-electron chi connectivity index (χ4n) is 2.52. The third kappa shape index (κ3) is 3.05. The number of aliphatic carboxylic acids is 1. The van der Waals surface area contributed by atoms with Gasteiger partial charge < -0.3 is 5.11 Å². The molecule has 5 nitrogen and oxygen atoms in total. The molecule has 1 aromatic rings. The van der Waals surface area contributed by atoms with E-state index in [1.165, 1.54) is 11.3 Å². The zero-order valence-electron chi connectivity index (χ0n) is 11.4. The highest BCUT2D eigenvalue weighted by Crippen LogP contribution is 2.31. The van der Waals surface area contributed by atoms with Crippen LogP contribution in [-0.4, -0.2) is 25.0 Å². The first-order chi connectivity index (χ1) is 9.39. The molecule has 0 aliphatic heterocycles. The average Bonchev–Trinajstić information content (AvgIpc) is 2.88. The number of hydrogen-bond donors (Lipinski definition) is 2. The number of hydrogen-bond acceptors (Lipinski definition) is 4. The van der Waals surface area contributed by atoms with Gasteiger partial charge >= 0.3 is 5.97 Å². The van der Waals surface area contributed by atoms with E-state index in [4.69, 9.17) is 0 Å². The maximum Gasteiger partial charge on any atom is 0.324 e. The molecular formula is C13H19NO4S2. The minimum atomic E-state index is -3.76. The van der Waals surface area contributed by atoms with Gasteiger partial charge in [0.25, 0.3) is 10.0 Å². The monoisotopic (exact) mass is 317 g/mol. The Labute approximate surface area is 123 Å². The molecule has 0 unspecified atom stereocenters. The summed E-state index contributed by atoms with van der Waals surface area (Å²) in [4.78, 5) is 12.5. The van der Waals surface area contributed by atoms with Gasteiger partial charge in [-0.05, 0) is 31.4 Å². The molecule has 1 heterocycles. The van der Waals surface area contributed by atoms with Crippen LogP contribution >= 0.6 is 11.3 Å². The third-order valence-corrected chi connectivity index (χ3v) is 6.95. The van der Waals surface area contributed by atoms with Gasteiger partial charge in [-0.2, -0.15) is 4.72 Å². The number of rotatable bonds is 5. The highest BCUT2D eigenvalue weighted by Gasteiger charge is 2.43. The predicted molar refractivity (Wildman–Crippen MR) is 77.5 cm³/mol. The van der Waals surface area contributed by atoms with Crippen LogP contribution in [0, 0.1) is 0 Å². The summed E-state index contributed by atoms with van der Waals surface area (Å²) in [6, 6.07) is 3.32. The van der Waals surface area contributed by atoms with Crippen LogP contribution in [-0.2, 0) is 21.2 Å². The van der Waals surface area contributed by atoms with E-state index < -0.39 is 21.5 Å². The second-order valence-corrected chi connectivity index (χ2v) is 8.21. The Morgan fingerprint density at radius 2 is 2.00 bits per heavy atom. The molecule has 0 spiro atoms. The van der Waals surface area contributed by atoms with E-state index in [0.717, 1.165) is 30.6 Å². The molecule has 0 amide bonds. The maximum absolute atomic E-state index is 12.4. The van der Waals surface area contributed by atoms with Gasteiger partial charge in [-0.1, -0.05) is 26.2 Å². The zero-order valence-corrected chi connectivity index (χ0v) is 13.0. The number of carboxylic acid groups (broad SMARTS) is 1. The van der Waals surface area contributed by atoms with Crippen LogP contribution in [0.3, 0.4) is 0 Å². The molecule has 0 bridgehead atoms. The minimum Gasteiger partial charge on any atom is -0.480 e. The van der Waals surface area contributed by atoms with Crippen molar-refractivity contribution in [2.45, 2.75) is 55.2 Å². The lowest BCUT2D eigenvalue weighted by Crippen LogP contribution is -2.55. The van der Waals surface area contributed by atoms with Crippen LogP contribution in [0.5, 0.6) is 0 Å². The van der Waals surface area contributed by atoms with E-state index in [1.807, 2.05) is 6.92 Å². The molecule has 7 heteroatoms. The summed E-state index contributed by atoms with van der Waals surface area (Å²) in [6.07, 6.45) is 3.90. The van der Waals surface area contributed by atoms with Gasteiger partial charge in [0, 0.05) is 4.88 Å². The lowest BCUT2D eigenvalue weighted by molar-refractivity contribution is -0.145. The molecule has 0 radical (unpaired) electrons. The third-order valence-electron chi connectivity index (χ3n) is 3.70. The van der Waals surface area contributed by atoms with Gasteiger partial charge in [-0.15, -0.1) is 11.3 Å². The number of carbonyl (C=O) groups is 1. The highest BCUT2D eigenvalue weighted by molar-refractivity contribution is 7.91. The van der Waals surface area contributed by atoms with E-state index in [9.17, 15) is 18.3 Å². The summed E-state index contributed by atoms with van der Waals surface area (Å²) in [6.45, 7) is 1.95. The summed E-state index contributed by atoms with van der Waals surface area (Å²) in [5.74, 6) is -1.08. The molecule has 0 saturated heterocycles. The molecule has 2 N–H and O–H groups in total. The van der Waals surface area contributed by atoms with Crippen molar-refractivity contribution in [1.82, 2.24) is 4.72 Å². The van der Waals surface area contributed by atoms with E-state index in [2.05, 4.69) is 4.72 Å². The van der Waals surface area contributed by atoms with E-state index in [-0.39, 0.29) is 4.21 Å². The van der Waals surface area contributed by atoms with Gasteiger partial charge in [-0.25, -0.2) is 8.42 Å². The Hall–Kier alpha value is -0.920. The van der Waals surface area contributed by atoms with Gasteiger partial charge in [-0.3, -0.25) is 4.79 Å². The number of aryl methyl sites for hydroxylation is 1. The molecule has 2 rings (SSSR count). The molecule has 1 saturated carbocycles. The smallest absolute Gasteiger partial charge is 0.324 e. The lowest BCUT2D eigenvalue weighted by atomic mass is 9.83. The van der Waals surface area contributed by atoms with Gasteiger partial charge in [0.2, 0.25) is 0 Å². The summed E-state index contributed by atoms with van der Waals surface area (Å²) in [7, 11) is -3.76. The van der Waals surface area contributed by atoms with Crippen molar-refractivity contribution in [3.63, 3.8) is 0 Å². The normalized spacial score (nSPS) is 18.9. The zero-order chi connectivity index (χ0) is 14.8. The Morgan fingerprint density at radius 3 is 2.50 bits per heavy atom. The van der Waals surface area contributed by atoms with Crippen molar-refractivity contribution in [2.75, 3.05) is 0 Å². The van der Waals surface area contributed by atoms with Crippen molar-refractivity contribution in [1.29, 1.82) is 0 Å². The van der Waals surface area contributed by atoms with E-state index >= 15 is 0 Å². The predicted octanol–water partition coefficient (Wildman–Crippen LogP) is 2.38. The van der Waals surface area contributed by atoms with E-state index in [1.54, 1.807) is 12.1 Å². The first kappa shape index (κ1) is 15.5. The Bertz CT molecular complexity index is 585. The summed E-state index contributed by atoms with van der Waals surface area (Å²) in [5.41, 5.74) is -1.34. The number of carboxylic acids is 1. The van der Waals surface area contributed by atoms with Crippen LogP contribution in [0.2, 0.25) is 0 Å². The maximum atomic E-state index is 12.4. The quantitative estimate of drug-likeness (QED) is 0.873. The highest BCUT2D eigenvalue weighted by atomic mass is 32.2. The molecule has 0 atom stereocenters. The van der Waals surface area contributed by atoms with Crippen LogP contribution in [0.25, 0.3) is 0 Å². The molecular weight excluding hydrogens is 298 g/mol. The Kier molecular flexibility index (Phi) is 4.51. The van der Waals surface area contributed by atoms with Crippen molar-refractivity contribution >= 4 is 27.3 Å². The number of thiophene rings is 1. The lowest BCUT2D eigenvalue weighted by Gasteiger charge is -2.33. The molecule has 0 aromatic carbocycles. The van der Waals surface area contributed by atoms with Crippen molar-refractivity contribution in [3.05, 3.63) is 17.0 Å². The van der Waals surface area contributed by atoms with Crippen LogP contribution in [0.1, 0.15) is 43.9 Å². The van der Waals surface area contributed by atoms with Crippen LogP contribution < -0.4 is 4.72 Å². The SMILES string of the molecule is CCc1ccc(S(=O)(=O)NC2(C(=O)O)CCCCC2)s1. The second-order valence-electron chi connectivity index (χ2n) is 5.13. The van der Waals surface area contributed by atoms with Crippen molar-refractivity contribution in [3.8, 4) is 0 Å². The second kappa shape index (κ2) is 5.83. The standard InChI is InChI=1S/C13H19NO4S2/c1-2-10-6-7-11(19-10)20(17,18)14-13(12(15)16)8-4-3-5-9-13/h6-7,14H,2-5,8-9H2,1H3,(H,15,16). The first-order valence-electron chi connectivity index (χ1n) is 6.76. The Morgan fingerprint density at radius 1 is 1.35 bits per heavy atom. The van der Waals surface area contributed by atoms with Crippen LogP contribution in [0.4, 0.5) is 0 Å². The Balaban J connectivity index is 2.27. The molecule has 20 heavy (non-hydrogen) atoms. The molecule has 1 aliphatic rings. The van der Waals surface area contributed by atoms with Gasteiger partial charge in [0.1, 0.15) is 9.75 Å². The molecule has 1 aliphatic carbocycles. The van der Waals surface area contributed by atoms with Crippen molar-refractivity contribution in [2.24, 2.45) is 0 Å². The molecule has 112 valence electrons. The molecule has 1 aromatic heterocycles. The summed E-state index contributed by atoms with van der Waals surface area (Å²) in [5, 5.41) is 9.43. The first-order valence-corrected chi connectivity index (χ1v) is 9.06. The van der Waals surface area contributed by atoms with Gasteiger partial charge in [0.05, 0.1) is 0 Å². The fraction of sp³-hybridized carbons (Fsp3) is 0.615. The summed E-state index contributed by atoms with van der Waals surface area (Å²) >= 11 is 1.20. The fourth-order valence-corrected chi connectivity index (χ4v) is 5.23. The van der Waals surface area contributed by atoms with Crippen LogP contribution in [0.15, 0.2) is 16.3 Å². The van der Waals surface area contributed by atoms with Gasteiger partial charge in [0.15, 0.2) is 0 Å².